The van der Waals surface area contributed by atoms with Crippen LogP contribution in [0.5, 0.6) is 5.75 Å². The highest BCUT2D eigenvalue weighted by Crippen LogP contribution is 2.43. The first-order valence-electron chi connectivity index (χ1n) is 13.1. The van der Waals surface area contributed by atoms with Gasteiger partial charge in [-0.25, -0.2) is 0 Å². The van der Waals surface area contributed by atoms with Crippen molar-refractivity contribution in [2.75, 3.05) is 36.4 Å². The lowest BCUT2D eigenvalue weighted by Gasteiger charge is -2.49. The van der Waals surface area contributed by atoms with Crippen molar-refractivity contribution in [2.45, 2.75) is 44.8 Å². The van der Waals surface area contributed by atoms with E-state index in [2.05, 4.69) is 87.6 Å². The number of nitrogens with one attached hydrogen (secondary N) is 2. The van der Waals surface area contributed by atoms with Crippen molar-refractivity contribution in [3.63, 3.8) is 0 Å². The van der Waals surface area contributed by atoms with Crippen LogP contribution in [0.3, 0.4) is 0 Å². The van der Waals surface area contributed by atoms with Crippen LogP contribution in [0.25, 0.3) is 10.9 Å². The molecule has 4 aromatic rings. The molecule has 0 aliphatic carbocycles. The molecule has 0 amide bonds. The fraction of sp³-hybridized carbons (Fsp3) is 0.367. The molecule has 0 unspecified atom stereocenters. The lowest BCUT2D eigenvalue weighted by molar-refractivity contribution is -0.00683. The monoisotopic (exact) mass is 481 g/mol. The number of piperidine rings is 1. The molecule has 0 atom stereocenters. The average molecular weight is 482 g/mol. The predicted molar refractivity (Wildman–Crippen MR) is 147 cm³/mol. The quantitative estimate of drug-likeness (QED) is 0.354. The van der Waals surface area contributed by atoms with Crippen molar-refractivity contribution in [3.8, 4) is 5.75 Å². The Morgan fingerprint density at radius 1 is 1.03 bits per heavy atom. The molecular weight excluding hydrogens is 446 g/mol. The van der Waals surface area contributed by atoms with Crippen LogP contribution in [0.1, 0.15) is 32.3 Å². The number of pyridine rings is 1. The van der Waals surface area contributed by atoms with E-state index < -0.39 is 0 Å². The van der Waals surface area contributed by atoms with Gasteiger partial charge in [-0.1, -0.05) is 18.2 Å². The number of fused-ring (bicyclic) bond motifs is 2. The summed E-state index contributed by atoms with van der Waals surface area (Å²) in [5, 5.41) is 4.83. The molecule has 0 saturated carbocycles. The number of nitrogens with zero attached hydrogens (tertiary/aromatic N) is 3. The van der Waals surface area contributed by atoms with Crippen molar-refractivity contribution in [3.05, 3.63) is 78.8 Å². The normalized spacial score (nSPS) is 17.4. The molecule has 6 rings (SSSR count). The lowest BCUT2D eigenvalue weighted by atomic mass is 9.88. The fourth-order valence-corrected chi connectivity index (χ4v) is 5.74. The maximum absolute atomic E-state index is 6.88. The Bertz CT molecular complexity index is 1320. The third-order valence-electron chi connectivity index (χ3n) is 7.84. The first-order valence-corrected chi connectivity index (χ1v) is 13.1. The number of H-pyrrole nitrogens is 1. The standard InChI is InChI=1S/C30H35N5O/c1-22(2)34-17-12-30(13-18-34)21-35(16-11-23-20-32-27-6-4-3-5-26(23)27)28-8-7-25(19-29(28)36-30)33-24-9-14-31-15-10-24/h3-10,14-15,19-20,22,32H,11-13,16-18,21H2,1-2H3,(H,31,33). The number of anilines is 3. The summed E-state index contributed by atoms with van der Waals surface area (Å²) in [6, 6.07) is 19.7. The molecule has 36 heavy (non-hydrogen) atoms. The van der Waals surface area contributed by atoms with Crippen molar-refractivity contribution in [2.24, 2.45) is 0 Å². The summed E-state index contributed by atoms with van der Waals surface area (Å²) >= 11 is 0. The van der Waals surface area contributed by atoms with Gasteiger partial charge >= 0.3 is 0 Å². The van der Waals surface area contributed by atoms with Gasteiger partial charge in [0.05, 0.1) is 12.2 Å². The van der Waals surface area contributed by atoms with Crippen molar-refractivity contribution >= 4 is 28.0 Å². The van der Waals surface area contributed by atoms with Gasteiger partial charge in [-0.15, -0.1) is 0 Å². The SMILES string of the molecule is CC(C)N1CCC2(CC1)CN(CCc1c[nH]c3ccccc13)c1ccc(Nc3ccncc3)cc1O2. The predicted octanol–water partition coefficient (Wildman–Crippen LogP) is 5.99. The zero-order valence-corrected chi connectivity index (χ0v) is 21.2. The summed E-state index contributed by atoms with van der Waals surface area (Å²) in [6.45, 7) is 8.64. The molecule has 2 N–H and O–H groups in total. The van der Waals surface area contributed by atoms with Crippen LogP contribution in [0.4, 0.5) is 17.1 Å². The van der Waals surface area contributed by atoms with E-state index in [-0.39, 0.29) is 5.60 Å². The smallest absolute Gasteiger partial charge is 0.145 e. The molecule has 6 nitrogen and oxygen atoms in total. The summed E-state index contributed by atoms with van der Waals surface area (Å²) in [4.78, 5) is 12.7. The number of aromatic amines is 1. The minimum atomic E-state index is -0.145. The highest BCUT2D eigenvalue weighted by molar-refractivity contribution is 5.83. The fourth-order valence-electron chi connectivity index (χ4n) is 5.74. The Morgan fingerprint density at radius 3 is 2.64 bits per heavy atom. The van der Waals surface area contributed by atoms with Crippen LogP contribution < -0.4 is 15.0 Å². The van der Waals surface area contributed by atoms with Crippen molar-refractivity contribution in [1.29, 1.82) is 0 Å². The van der Waals surface area contributed by atoms with E-state index in [4.69, 9.17) is 4.74 Å². The Balaban J connectivity index is 1.28. The minimum absolute atomic E-state index is 0.145. The van der Waals surface area contributed by atoms with E-state index in [1.54, 1.807) is 12.4 Å². The second-order valence-corrected chi connectivity index (χ2v) is 10.5. The second-order valence-electron chi connectivity index (χ2n) is 10.5. The van der Waals surface area contributed by atoms with Gasteiger partial charge in [-0.2, -0.15) is 0 Å². The topological polar surface area (TPSA) is 56.4 Å². The number of aromatic nitrogens is 2. The van der Waals surface area contributed by atoms with Gasteiger partial charge in [0.1, 0.15) is 11.4 Å². The summed E-state index contributed by atoms with van der Waals surface area (Å²) in [5.41, 5.74) is 5.68. The maximum Gasteiger partial charge on any atom is 0.145 e. The third-order valence-corrected chi connectivity index (χ3v) is 7.84. The Morgan fingerprint density at radius 2 is 1.83 bits per heavy atom. The Kier molecular flexibility index (Phi) is 6.05. The van der Waals surface area contributed by atoms with Gasteiger partial charge in [0, 0.05) is 85.5 Å². The Hall–Kier alpha value is -3.51. The zero-order valence-electron chi connectivity index (χ0n) is 21.2. The van der Waals surface area contributed by atoms with E-state index in [1.807, 2.05) is 12.1 Å². The second kappa shape index (κ2) is 9.51. The van der Waals surface area contributed by atoms with E-state index in [0.717, 1.165) is 62.6 Å². The van der Waals surface area contributed by atoms with E-state index in [9.17, 15) is 0 Å². The van der Waals surface area contributed by atoms with Gasteiger partial charge in [0.2, 0.25) is 0 Å². The van der Waals surface area contributed by atoms with E-state index >= 15 is 0 Å². The van der Waals surface area contributed by atoms with Crippen LogP contribution in [0, 0.1) is 0 Å². The largest absolute Gasteiger partial charge is 0.483 e. The molecule has 1 saturated heterocycles. The van der Waals surface area contributed by atoms with Crippen LogP contribution in [0.2, 0.25) is 0 Å². The molecule has 0 bridgehead atoms. The van der Waals surface area contributed by atoms with Gasteiger partial charge < -0.3 is 24.8 Å². The Labute approximate surface area is 213 Å². The molecule has 4 heterocycles. The highest BCUT2D eigenvalue weighted by atomic mass is 16.5. The highest BCUT2D eigenvalue weighted by Gasteiger charge is 2.42. The molecule has 2 aliphatic heterocycles. The van der Waals surface area contributed by atoms with Crippen LogP contribution in [-0.2, 0) is 6.42 Å². The molecule has 2 aliphatic rings. The van der Waals surface area contributed by atoms with Gasteiger partial charge in [-0.3, -0.25) is 4.98 Å². The minimum Gasteiger partial charge on any atom is -0.483 e. The molecule has 1 spiro atoms. The number of likely N-dealkylation sites (tertiary alicyclic amines) is 1. The first kappa shape index (κ1) is 22.9. The first-order chi connectivity index (χ1) is 17.6. The lowest BCUT2D eigenvalue weighted by Crippen LogP contribution is -2.57. The van der Waals surface area contributed by atoms with Crippen molar-refractivity contribution < 1.29 is 4.74 Å². The van der Waals surface area contributed by atoms with Gasteiger partial charge in [0.15, 0.2) is 0 Å². The van der Waals surface area contributed by atoms with E-state index in [1.165, 1.54) is 22.2 Å². The molecule has 2 aromatic heterocycles. The molecule has 1 fully saturated rings. The summed E-state index contributed by atoms with van der Waals surface area (Å²) in [5.74, 6) is 0.984. The number of hydrogen-bond acceptors (Lipinski definition) is 5. The molecule has 186 valence electrons. The third kappa shape index (κ3) is 4.53. The molecule has 2 aromatic carbocycles. The number of hydrogen-bond donors (Lipinski definition) is 2. The number of para-hydroxylation sites is 1. The van der Waals surface area contributed by atoms with E-state index in [0.29, 0.717) is 6.04 Å². The summed E-state index contributed by atoms with van der Waals surface area (Å²) < 4.78 is 6.88. The van der Waals surface area contributed by atoms with Crippen LogP contribution in [-0.4, -0.2) is 52.7 Å². The van der Waals surface area contributed by atoms with Gasteiger partial charge in [-0.05, 0) is 56.2 Å². The number of ether oxygens (including phenoxy) is 1. The van der Waals surface area contributed by atoms with Crippen LogP contribution >= 0.6 is 0 Å². The number of benzene rings is 2. The molecule has 0 radical (unpaired) electrons. The number of rotatable bonds is 6. The average Bonchev–Trinajstić information content (AvgIpc) is 3.31. The molecular formula is C30H35N5O. The van der Waals surface area contributed by atoms with Crippen molar-refractivity contribution in [1.82, 2.24) is 14.9 Å². The summed E-state index contributed by atoms with van der Waals surface area (Å²) in [7, 11) is 0. The summed E-state index contributed by atoms with van der Waals surface area (Å²) in [6.07, 6.45) is 8.88. The zero-order chi connectivity index (χ0) is 24.5. The molecule has 6 heteroatoms. The maximum atomic E-state index is 6.88. The van der Waals surface area contributed by atoms with Crippen LogP contribution in [0.15, 0.2) is 73.2 Å². The van der Waals surface area contributed by atoms with Gasteiger partial charge in [0.25, 0.3) is 0 Å².